The molecule has 120 valence electrons. The van der Waals surface area contributed by atoms with E-state index in [0.717, 1.165) is 15.6 Å². The Bertz CT molecular complexity index is 869. The normalized spacial score (nSPS) is 12.1. The molecule has 23 heavy (non-hydrogen) atoms. The summed E-state index contributed by atoms with van der Waals surface area (Å²) < 4.78 is 39.4. The molecule has 0 spiro atoms. The second-order valence-electron chi connectivity index (χ2n) is 5.21. The molecule has 0 unspecified atom stereocenters. The van der Waals surface area contributed by atoms with Crippen LogP contribution in [0.4, 0.5) is 13.2 Å². The van der Waals surface area contributed by atoms with Crippen molar-refractivity contribution in [3.63, 3.8) is 0 Å². The molecule has 0 aliphatic carbocycles. The monoisotopic (exact) mass is 340 g/mol. The molecule has 3 aromatic rings. The number of hydrogen-bond donors (Lipinski definition) is 0. The summed E-state index contributed by atoms with van der Waals surface area (Å²) in [7, 11) is 0. The van der Waals surface area contributed by atoms with Crippen LogP contribution in [0.5, 0.6) is 0 Å². The van der Waals surface area contributed by atoms with Crippen molar-refractivity contribution in [1.29, 1.82) is 0 Å². The number of halogens is 4. The number of rotatable bonds is 2. The van der Waals surface area contributed by atoms with Gasteiger partial charge in [-0.05, 0) is 37.1 Å². The molecular weight excluding hydrogens is 329 g/mol. The number of aromatic nitrogens is 4. The Hall–Kier alpha value is -2.15. The molecule has 2 heterocycles. The fourth-order valence-corrected chi connectivity index (χ4v) is 2.52. The molecular formula is C15H12ClF3N4. The van der Waals surface area contributed by atoms with Crippen molar-refractivity contribution in [2.75, 3.05) is 0 Å². The fourth-order valence-electron chi connectivity index (χ4n) is 2.39. The first kappa shape index (κ1) is 15.7. The van der Waals surface area contributed by atoms with E-state index >= 15 is 0 Å². The predicted octanol–water partition coefficient (Wildman–Crippen LogP) is 4.00. The highest BCUT2D eigenvalue weighted by atomic mass is 35.5. The van der Waals surface area contributed by atoms with Crippen molar-refractivity contribution in [2.45, 2.75) is 26.4 Å². The van der Waals surface area contributed by atoms with Gasteiger partial charge in [-0.25, -0.2) is 9.50 Å². The summed E-state index contributed by atoms with van der Waals surface area (Å²) in [6, 6.07) is 7.28. The van der Waals surface area contributed by atoms with Crippen molar-refractivity contribution < 1.29 is 13.2 Å². The van der Waals surface area contributed by atoms with E-state index < -0.39 is 12.0 Å². The molecule has 0 N–H and O–H groups in total. The summed E-state index contributed by atoms with van der Waals surface area (Å²) in [6.45, 7) is 3.46. The van der Waals surface area contributed by atoms with Crippen molar-refractivity contribution in [1.82, 2.24) is 19.6 Å². The third-order valence-electron chi connectivity index (χ3n) is 3.60. The van der Waals surface area contributed by atoms with E-state index in [0.29, 0.717) is 22.8 Å². The summed E-state index contributed by atoms with van der Waals surface area (Å²) in [5.41, 5.74) is 3.02. The van der Waals surface area contributed by atoms with E-state index in [-0.39, 0.29) is 5.78 Å². The standard InChI is InChI=1S/C15H12ClF3N4/c1-8-12(7-10-3-5-11(16)6-4-10)9(2)23-14(20-8)21-13(22-23)15(17,18)19/h3-6H,7H2,1-2H3. The van der Waals surface area contributed by atoms with Crippen LogP contribution in [-0.2, 0) is 12.6 Å². The van der Waals surface area contributed by atoms with Crippen LogP contribution < -0.4 is 0 Å². The lowest BCUT2D eigenvalue weighted by molar-refractivity contribution is -0.144. The molecule has 0 atom stereocenters. The lowest BCUT2D eigenvalue weighted by Crippen LogP contribution is -2.09. The van der Waals surface area contributed by atoms with E-state index in [1.54, 1.807) is 26.0 Å². The Labute approximate surface area is 134 Å². The van der Waals surface area contributed by atoms with E-state index in [1.165, 1.54) is 0 Å². The Morgan fingerprint density at radius 3 is 2.35 bits per heavy atom. The largest absolute Gasteiger partial charge is 0.453 e. The van der Waals surface area contributed by atoms with Gasteiger partial charge in [-0.3, -0.25) is 0 Å². The molecule has 0 saturated heterocycles. The van der Waals surface area contributed by atoms with Crippen LogP contribution in [-0.4, -0.2) is 19.6 Å². The average Bonchev–Trinajstić information content (AvgIpc) is 2.89. The summed E-state index contributed by atoms with van der Waals surface area (Å²) in [6.07, 6.45) is -4.07. The maximum atomic E-state index is 12.8. The number of benzene rings is 1. The third kappa shape index (κ3) is 3.01. The van der Waals surface area contributed by atoms with E-state index in [1.807, 2.05) is 12.1 Å². The van der Waals surface area contributed by atoms with Crippen molar-refractivity contribution in [3.8, 4) is 0 Å². The lowest BCUT2D eigenvalue weighted by Gasteiger charge is -2.10. The zero-order valence-corrected chi connectivity index (χ0v) is 13.1. The minimum atomic E-state index is -4.59. The quantitative estimate of drug-likeness (QED) is 0.708. The van der Waals surface area contributed by atoms with Gasteiger partial charge in [0.05, 0.1) is 0 Å². The number of alkyl halides is 3. The van der Waals surface area contributed by atoms with E-state index in [9.17, 15) is 13.2 Å². The second kappa shape index (κ2) is 5.49. The maximum Gasteiger partial charge on any atom is 0.453 e. The van der Waals surface area contributed by atoms with Crippen molar-refractivity contribution in [3.05, 3.63) is 57.6 Å². The lowest BCUT2D eigenvalue weighted by atomic mass is 10.0. The number of hydrogen-bond acceptors (Lipinski definition) is 3. The van der Waals surface area contributed by atoms with Gasteiger partial charge in [-0.2, -0.15) is 18.2 Å². The van der Waals surface area contributed by atoms with E-state index in [2.05, 4.69) is 15.1 Å². The second-order valence-corrected chi connectivity index (χ2v) is 5.65. The van der Waals surface area contributed by atoms with E-state index in [4.69, 9.17) is 11.6 Å². The predicted molar refractivity (Wildman–Crippen MR) is 79.5 cm³/mol. The highest BCUT2D eigenvalue weighted by Crippen LogP contribution is 2.27. The molecule has 0 fully saturated rings. The van der Waals surface area contributed by atoms with Crippen LogP contribution >= 0.6 is 11.6 Å². The zero-order chi connectivity index (χ0) is 16.8. The third-order valence-corrected chi connectivity index (χ3v) is 3.85. The zero-order valence-electron chi connectivity index (χ0n) is 12.3. The van der Waals surface area contributed by atoms with Gasteiger partial charge >= 0.3 is 6.18 Å². The van der Waals surface area contributed by atoms with Gasteiger partial charge in [0.1, 0.15) is 0 Å². The van der Waals surface area contributed by atoms with Crippen LogP contribution in [0.1, 0.15) is 28.3 Å². The highest BCUT2D eigenvalue weighted by molar-refractivity contribution is 6.30. The summed E-state index contributed by atoms with van der Waals surface area (Å²) in [5.74, 6) is -1.23. The molecule has 0 aliphatic heterocycles. The van der Waals surface area contributed by atoms with Gasteiger partial charge in [-0.15, -0.1) is 5.10 Å². The Morgan fingerprint density at radius 2 is 1.74 bits per heavy atom. The van der Waals surface area contributed by atoms with Crippen molar-refractivity contribution in [2.24, 2.45) is 0 Å². The molecule has 2 aromatic heterocycles. The Morgan fingerprint density at radius 1 is 1.09 bits per heavy atom. The molecule has 0 saturated carbocycles. The summed E-state index contributed by atoms with van der Waals surface area (Å²) in [5, 5.41) is 4.16. The summed E-state index contributed by atoms with van der Waals surface area (Å²) in [4.78, 5) is 7.61. The SMILES string of the molecule is Cc1nc2nc(C(F)(F)F)nn2c(C)c1Cc1ccc(Cl)cc1. The molecule has 0 amide bonds. The maximum absolute atomic E-state index is 12.8. The minimum absolute atomic E-state index is 0.0489. The average molecular weight is 341 g/mol. The summed E-state index contributed by atoms with van der Waals surface area (Å²) >= 11 is 5.86. The van der Waals surface area contributed by atoms with Crippen LogP contribution in [0.15, 0.2) is 24.3 Å². The van der Waals surface area contributed by atoms with Gasteiger partial charge in [-0.1, -0.05) is 23.7 Å². The molecule has 0 radical (unpaired) electrons. The van der Waals surface area contributed by atoms with Gasteiger partial charge in [0.2, 0.25) is 0 Å². The topological polar surface area (TPSA) is 43.1 Å². The van der Waals surface area contributed by atoms with Crippen LogP contribution in [0.2, 0.25) is 5.02 Å². The van der Waals surface area contributed by atoms with Crippen LogP contribution in [0.25, 0.3) is 5.78 Å². The molecule has 3 rings (SSSR count). The number of nitrogens with zero attached hydrogens (tertiary/aromatic N) is 4. The minimum Gasteiger partial charge on any atom is -0.216 e. The van der Waals surface area contributed by atoms with Crippen LogP contribution in [0.3, 0.4) is 0 Å². The van der Waals surface area contributed by atoms with Gasteiger partial charge in [0, 0.05) is 22.8 Å². The first-order valence-electron chi connectivity index (χ1n) is 6.80. The van der Waals surface area contributed by atoms with Crippen molar-refractivity contribution >= 4 is 17.4 Å². The molecule has 8 heteroatoms. The first-order chi connectivity index (χ1) is 10.8. The van der Waals surface area contributed by atoms with Crippen LogP contribution in [0, 0.1) is 13.8 Å². The fraction of sp³-hybridized carbons (Fsp3) is 0.267. The Kier molecular flexibility index (Phi) is 3.75. The smallest absolute Gasteiger partial charge is 0.216 e. The molecule has 0 bridgehead atoms. The number of aryl methyl sites for hydroxylation is 2. The highest BCUT2D eigenvalue weighted by Gasteiger charge is 2.36. The molecule has 4 nitrogen and oxygen atoms in total. The first-order valence-corrected chi connectivity index (χ1v) is 7.18. The molecule has 0 aliphatic rings. The van der Waals surface area contributed by atoms with Gasteiger partial charge in [0.15, 0.2) is 0 Å². The molecule has 1 aromatic carbocycles. The number of fused-ring (bicyclic) bond motifs is 1. The Balaban J connectivity index is 2.08. The van der Waals surface area contributed by atoms with Gasteiger partial charge < -0.3 is 0 Å². The van der Waals surface area contributed by atoms with Gasteiger partial charge in [0.25, 0.3) is 11.6 Å².